The summed E-state index contributed by atoms with van der Waals surface area (Å²) in [7, 11) is 0. The minimum Gasteiger partial charge on any atom is -0.350 e. The number of carbonyl (C=O) groups excluding carboxylic acids is 2. The molecule has 9 heteroatoms. The first-order chi connectivity index (χ1) is 14.9. The Kier molecular flexibility index (Phi) is 7.41. The Morgan fingerprint density at radius 1 is 1.13 bits per heavy atom. The fourth-order valence-electron chi connectivity index (χ4n) is 3.16. The van der Waals surface area contributed by atoms with E-state index in [1.54, 1.807) is 25.1 Å². The van der Waals surface area contributed by atoms with Crippen molar-refractivity contribution in [1.29, 1.82) is 0 Å². The summed E-state index contributed by atoms with van der Waals surface area (Å²) in [5, 5.41) is 8.07. The number of halogens is 2. The van der Waals surface area contributed by atoms with Crippen LogP contribution in [0, 0.1) is 11.6 Å². The van der Waals surface area contributed by atoms with Crippen molar-refractivity contribution in [3.05, 3.63) is 82.4 Å². The van der Waals surface area contributed by atoms with Gasteiger partial charge in [0.15, 0.2) is 5.69 Å². The van der Waals surface area contributed by atoms with Crippen molar-refractivity contribution < 1.29 is 18.4 Å². The van der Waals surface area contributed by atoms with Gasteiger partial charge in [-0.15, -0.1) is 5.10 Å². The van der Waals surface area contributed by atoms with Crippen LogP contribution in [-0.2, 0) is 11.3 Å². The van der Waals surface area contributed by atoms with Crippen molar-refractivity contribution in [3.8, 4) is 0 Å². The van der Waals surface area contributed by atoms with Crippen molar-refractivity contribution in [2.75, 3.05) is 0 Å². The first-order valence-corrected chi connectivity index (χ1v) is 10.6. The molecule has 2 amide bonds. The zero-order chi connectivity index (χ0) is 22.4. The van der Waals surface area contributed by atoms with E-state index in [-0.39, 0.29) is 29.7 Å². The van der Waals surface area contributed by atoms with Gasteiger partial charge in [-0.2, -0.15) is 0 Å². The van der Waals surface area contributed by atoms with Crippen LogP contribution in [0.3, 0.4) is 0 Å². The standard InChI is InChI=1S/C22H22F2N4O2S/c1-3-14(2)28(22(30)19-13-31-27-26-19)20(17-6-4-5-7-18(17)24)21(29)25-12-15-8-10-16(23)11-9-15/h4-11,13-14,20H,3,12H2,1-2H3,(H,25,29)/t14-,20+/m0/s1. The minimum absolute atomic E-state index is 0.0796. The van der Waals surface area contributed by atoms with Crippen molar-refractivity contribution in [2.45, 2.75) is 38.9 Å². The van der Waals surface area contributed by atoms with Crippen LogP contribution in [-0.4, -0.2) is 32.3 Å². The number of carbonyl (C=O) groups is 2. The van der Waals surface area contributed by atoms with Gasteiger partial charge in [0.25, 0.3) is 5.91 Å². The molecule has 6 nitrogen and oxygen atoms in total. The third-order valence-corrected chi connectivity index (χ3v) is 5.49. The lowest BCUT2D eigenvalue weighted by molar-refractivity contribution is -0.126. The van der Waals surface area contributed by atoms with Crippen LogP contribution >= 0.6 is 11.5 Å². The maximum Gasteiger partial charge on any atom is 0.276 e. The number of nitrogens with zero attached hydrogens (tertiary/aromatic N) is 3. The van der Waals surface area contributed by atoms with Crippen LogP contribution in [0.4, 0.5) is 8.78 Å². The van der Waals surface area contributed by atoms with Crippen LogP contribution in [0.15, 0.2) is 53.9 Å². The normalized spacial score (nSPS) is 12.8. The Bertz CT molecular complexity index is 1030. The van der Waals surface area contributed by atoms with Gasteiger partial charge in [-0.3, -0.25) is 9.59 Å². The molecule has 1 aromatic heterocycles. The molecule has 3 aromatic rings. The number of aromatic nitrogens is 2. The summed E-state index contributed by atoms with van der Waals surface area (Å²) >= 11 is 1.02. The molecule has 2 atom stereocenters. The van der Waals surface area contributed by atoms with Gasteiger partial charge in [-0.25, -0.2) is 8.78 Å². The quantitative estimate of drug-likeness (QED) is 0.567. The third kappa shape index (κ3) is 5.29. The molecule has 1 N–H and O–H groups in total. The largest absolute Gasteiger partial charge is 0.350 e. The maximum absolute atomic E-state index is 14.8. The molecule has 0 aliphatic heterocycles. The second-order valence-corrected chi connectivity index (χ2v) is 7.64. The Labute approximate surface area is 183 Å². The molecule has 0 bridgehead atoms. The molecular formula is C22H22F2N4O2S. The molecule has 0 fully saturated rings. The zero-order valence-corrected chi connectivity index (χ0v) is 17.9. The lowest BCUT2D eigenvalue weighted by atomic mass is 10.00. The monoisotopic (exact) mass is 444 g/mol. The third-order valence-electron chi connectivity index (χ3n) is 4.99. The maximum atomic E-state index is 14.8. The van der Waals surface area contributed by atoms with Crippen LogP contribution in [0.25, 0.3) is 0 Å². The van der Waals surface area contributed by atoms with Gasteiger partial charge in [0.1, 0.15) is 17.7 Å². The van der Waals surface area contributed by atoms with Crippen molar-refractivity contribution in [1.82, 2.24) is 19.8 Å². The van der Waals surface area contributed by atoms with Gasteiger partial charge in [0, 0.05) is 23.5 Å². The molecule has 3 rings (SSSR count). The highest BCUT2D eigenvalue weighted by Crippen LogP contribution is 2.28. The van der Waals surface area contributed by atoms with E-state index in [2.05, 4.69) is 14.9 Å². The van der Waals surface area contributed by atoms with Gasteiger partial charge < -0.3 is 10.2 Å². The van der Waals surface area contributed by atoms with E-state index in [1.807, 2.05) is 6.92 Å². The SMILES string of the molecule is CC[C@H](C)N(C(=O)c1csnn1)[C@@H](C(=O)NCc1ccc(F)cc1)c1ccccc1F. The van der Waals surface area contributed by atoms with Gasteiger partial charge in [-0.05, 0) is 48.6 Å². The van der Waals surface area contributed by atoms with Crippen LogP contribution in [0.1, 0.15) is 47.9 Å². The van der Waals surface area contributed by atoms with Crippen LogP contribution < -0.4 is 5.32 Å². The molecule has 1 heterocycles. The molecular weight excluding hydrogens is 422 g/mol. The van der Waals surface area contributed by atoms with E-state index < -0.39 is 23.7 Å². The molecule has 0 spiro atoms. The number of nitrogens with one attached hydrogen (secondary N) is 1. The molecule has 0 radical (unpaired) electrons. The average Bonchev–Trinajstić information content (AvgIpc) is 3.32. The number of hydrogen-bond acceptors (Lipinski definition) is 5. The Hall–Kier alpha value is -3.20. The zero-order valence-electron chi connectivity index (χ0n) is 17.1. The highest BCUT2D eigenvalue weighted by Gasteiger charge is 2.37. The summed E-state index contributed by atoms with van der Waals surface area (Å²) in [6.45, 7) is 3.77. The predicted molar refractivity (Wildman–Crippen MR) is 113 cm³/mol. The Morgan fingerprint density at radius 3 is 2.45 bits per heavy atom. The fraction of sp³-hybridized carbons (Fsp3) is 0.273. The van der Waals surface area contributed by atoms with E-state index >= 15 is 0 Å². The molecule has 0 unspecified atom stereocenters. The van der Waals surface area contributed by atoms with Gasteiger partial charge in [0.2, 0.25) is 5.91 Å². The van der Waals surface area contributed by atoms with Crippen molar-refractivity contribution in [2.24, 2.45) is 0 Å². The van der Waals surface area contributed by atoms with Crippen molar-refractivity contribution in [3.63, 3.8) is 0 Å². The van der Waals surface area contributed by atoms with E-state index in [1.165, 1.54) is 40.6 Å². The summed E-state index contributed by atoms with van der Waals surface area (Å²) in [6.07, 6.45) is 0.541. The summed E-state index contributed by atoms with van der Waals surface area (Å²) < 4.78 is 31.6. The smallest absolute Gasteiger partial charge is 0.276 e. The van der Waals surface area contributed by atoms with Gasteiger partial charge >= 0.3 is 0 Å². The highest BCUT2D eigenvalue weighted by molar-refractivity contribution is 7.03. The minimum atomic E-state index is -1.22. The van der Waals surface area contributed by atoms with Crippen molar-refractivity contribution >= 4 is 23.3 Å². The molecule has 0 saturated heterocycles. The molecule has 31 heavy (non-hydrogen) atoms. The molecule has 2 aromatic carbocycles. The summed E-state index contributed by atoms with van der Waals surface area (Å²) in [4.78, 5) is 27.9. The number of rotatable bonds is 8. The summed E-state index contributed by atoms with van der Waals surface area (Å²) in [6, 6.07) is 9.95. The first-order valence-electron chi connectivity index (χ1n) is 9.78. The fourth-order valence-corrected chi connectivity index (χ4v) is 3.59. The molecule has 0 aliphatic rings. The van der Waals surface area contributed by atoms with Gasteiger partial charge in [-0.1, -0.05) is 41.7 Å². The Morgan fingerprint density at radius 2 is 1.84 bits per heavy atom. The summed E-state index contributed by atoms with van der Waals surface area (Å²) in [5.41, 5.74) is 0.848. The Balaban J connectivity index is 1.97. The average molecular weight is 445 g/mol. The van der Waals surface area contributed by atoms with E-state index in [9.17, 15) is 18.4 Å². The van der Waals surface area contributed by atoms with Crippen LogP contribution in [0.2, 0.25) is 0 Å². The van der Waals surface area contributed by atoms with Crippen LogP contribution in [0.5, 0.6) is 0 Å². The highest BCUT2D eigenvalue weighted by atomic mass is 32.1. The van der Waals surface area contributed by atoms with E-state index in [4.69, 9.17) is 0 Å². The second-order valence-electron chi connectivity index (χ2n) is 7.03. The predicted octanol–water partition coefficient (Wildman–Crippen LogP) is 4.11. The van der Waals surface area contributed by atoms with Gasteiger partial charge in [0.05, 0.1) is 0 Å². The molecule has 0 aliphatic carbocycles. The molecule has 0 saturated carbocycles. The number of benzene rings is 2. The topological polar surface area (TPSA) is 75.2 Å². The first kappa shape index (κ1) is 22.5. The lowest BCUT2D eigenvalue weighted by Gasteiger charge is -2.35. The molecule has 162 valence electrons. The van der Waals surface area contributed by atoms with E-state index in [0.29, 0.717) is 12.0 Å². The lowest BCUT2D eigenvalue weighted by Crippen LogP contribution is -2.48. The summed E-state index contributed by atoms with van der Waals surface area (Å²) in [5.74, 6) is -2.04. The second kappa shape index (κ2) is 10.2. The number of amides is 2. The number of hydrogen-bond donors (Lipinski definition) is 1. The van der Waals surface area contributed by atoms with E-state index in [0.717, 1.165) is 11.5 Å².